The van der Waals surface area contributed by atoms with Crippen LogP contribution in [0.4, 0.5) is 0 Å². The number of rotatable bonds is 12. The number of hydrogen-bond acceptors (Lipinski definition) is 8. The Balaban J connectivity index is 1.35. The Labute approximate surface area is 197 Å². The molecule has 34 heavy (non-hydrogen) atoms. The predicted octanol–water partition coefficient (Wildman–Crippen LogP) is 1.95. The number of ether oxygens (including phenoxy) is 1. The Kier molecular flexibility index (Phi) is 9.07. The number of hydrogen-bond donors (Lipinski definition) is 4. The van der Waals surface area contributed by atoms with Crippen LogP contribution in [0.3, 0.4) is 0 Å². The van der Waals surface area contributed by atoms with Gasteiger partial charge in [0.05, 0.1) is 16.5 Å². The van der Waals surface area contributed by atoms with Crippen LogP contribution in [0, 0.1) is 34.3 Å². The van der Waals surface area contributed by atoms with Gasteiger partial charge in [-0.2, -0.15) is 5.26 Å². The molecule has 1 heterocycles. The van der Waals surface area contributed by atoms with E-state index in [1.807, 2.05) is 19.1 Å². The molecular formula is C23H31N5O6. The zero-order chi connectivity index (χ0) is 24.5. The molecule has 1 fully saturated rings. The highest BCUT2D eigenvalue weighted by molar-refractivity contribution is 5.92. The summed E-state index contributed by atoms with van der Waals surface area (Å²) in [6.45, 7) is 3.06. The van der Waals surface area contributed by atoms with Crippen molar-refractivity contribution in [2.24, 2.45) is 5.92 Å². The summed E-state index contributed by atoms with van der Waals surface area (Å²) >= 11 is 0. The highest BCUT2D eigenvalue weighted by Crippen LogP contribution is 2.30. The van der Waals surface area contributed by atoms with Gasteiger partial charge in [-0.15, -0.1) is 10.1 Å². The Bertz CT molecular complexity index is 1030. The summed E-state index contributed by atoms with van der Waals surface area (Å²) in [4.78, 5) is 30.6. The molecule has 1 unspecified atom stereocenters. The van der Waals surface area contributed by atoms with Crippen LogP contribution in [-0.2, 0) is 9.63 Å². The van der Waals surface area contributed by atoms with Gasteiger partial charge in [0.15, 0.2) is 0 Å². The fraction of sp³-hybridized carbons (Fsp3) is 0.565. The van der Waals surface area contributed by atoms with Crippen molar-refractivity contribution in [2.45, 2.75) is 51.2 Å². The Morgan fingerprint density at radius 1 is 1.38 bits per heavy atom. The Hall–Kier alpha value is -3.36. The van der Waals surface area contributed by atoms with Crippen molar-refractivity contribution in [1.82, 2.24) is 15.6 Å². The summed E-state index contributed by atoms with van der Waals surface area (Å²) in [6.07, 6.45) is 3.67. The molecule has 1 saturated carbocycles. The first-order valence-electron chi connectivity index (χ1n) is 11.5. The average molecular weight is 474 g/mol. The molecule has 0 radical (unpaired) electrons. The van der Waals surface area contributed by atoms with Gasteiger partial charge in [0.1, 0.15) is 30.6 Å². The number of amides is 1. The number of nitriles is 1. The lowest BCUT2D eigenvalue weighted by Gasteiger charge is -2.29. The van der Waals surface area contributed by atoms with Gasteiger partial charge >= 0.3 is 0 Å². The van der Waals surface area contributed by atoms with Gasteiger partial charge in [-0.3, -0.25) is 4.79 Å². The summed E-state index contributed by atoms with van der Waals surface area (Å²) in [5, 5.41) is 36.0. The highest BCUT2D eigenvalue weighted by Gasteiger charge is 2.29. The maximum Gasteiger partial charge on any atom is 0.294 e. The number of H-pyrrole nitrogens is 1. The number of aromatic nitrogens is 1. The van der Waals surface area contributed by atoms with Crippen molar-refractivity contribution in [3.8, 4) is 11.8 Å². The van der Waals surface area contributed by atoms with Gasteiger partial charge in [-0.1, -0.05) is 12.8 Å². The normalized spacial score (nSPS) is 18.7. The van der Waals surface area contributed by atoms with E-state index in [9.17, 15) is 25.3 Å². The quantitative estimate of drug-likeness (QED) is 0.206. The first-order chi connectivity index (χ1) is 16.4. The maximum absolute atomic E-state index is 12.2. The molecule has 0 aliphatic heterocycles. The lowest BCUT2D eigenvalue weighted by molar-refractivity contribution is -0.771. The largest absolute Gasteiger partial charge is 0.490 e. The van der Waals surface area contributed by atoms with Crippen LogP contribution in [0.1, 0.15) is 43.2 Å². The Morgan fingerprint density at radius 2 is 2.18 bits per heavy atom. The first kappa shape index (κ1) is 25.3. The number of benzene rings is 1. The summed E-state index contributed by atoms with van der Waals surface area (Å²) in [6, 6.07) is 5.90. The minimum atomic E-state index is -0.780. The van der Waals surface area contributed by atoms with Crippen LogP contribution in [0.5, 0.6) is 5.75 Å². The molecule has 1 aliphatic carbocycles. The van der Waals surface area contributed by atoms with E-state index >= 15 is 0 Å². The number of aryl methyl sites for hydroxylation is 1. The van der Waals surface area contributed by atoms with Gasteiger partial charge in [-0.25, -0.2) is 0 Å². The number of carbonyl (C=O) groups is 1. The standard InChI is InChI=1S/C23H31N5O6/c1-15-8-19-23(17(11-24)12-27-19)21(9-15)33-14-18(29)13-25-6-7-26-22(30)10-16-4-2-3-5-20(16)34-28(31)32/h8-9,12,16,18,20,25,27,29H,2-7,10,13-14H2,1H3,(H,26,30)/t16-,18?,20+/m0/s1. The van der Waals surface area contributed by atoms with Gasteiger partial charge in [-0.05, 0) is 43.4 Å². The number of carbonyl (C=O) groups excluding carboxylic acids is 1. The smallest absolute Gasteiger partial charge is 0.294 e. The summed E-state index contributed by atoms with van der Waals surface area (Å²) < 4.78 is 5.79. The monoisotopic (exact) mass is 473 g/mol. The van der Waals surface area contributed by atoms with Crippen LogP contribution in [0.15, 0.2) is 18.3 Å². The zero-order valence-corrected chi connectivity index (χ0v) is 19.2. The molecule has 1 amide bonds. The minimum absolute atomic E-state index is 0.0491. The van der Waals surface area contributed by atoms with Crippen LogP contribution in [-0.4, -0.2) is 59.5 Å². The molecule has 4 N–H and O–H groups in total. The molecule has 3 rings (SSSR count). The SMILES string of the molecule is Cc1cc(OCC(O)CNCCNC(=O)C[C@@H]2CCCC[C@H]2O[N+](=O)[O-])c2c(C#N)c[nH]c2c1. The molecule has 1 aromatic heterocycles. The zero-order valence-electron chi connectivity index (χ0n) is 19.2. The van der Waals surface area contributed by atoms with Crippen molar-refractivity contribution in [2.75, 3.05) is 26.2 Å². The van der Waals surface area contributed by atoms with E-state index in [1.54, 1.807) is 6.20 Å². The third kappa shape index (κ3) is 7.07. The van der Waals surface area contributed by atoms with Gasteiger partial charge < -0.3 is 30.3 Å². The lowest BCUT2D eigenvalue weighted by atomic mass is 9.84. The fourth-order valence-corrected chi connectivity index (χ4v) is 4.34. The second-order valence-electron chi connectivity index (χ2n) is 8.63. The molecule has 1 aliphatic rings. The van der Waals surface area contributed by atoms with E-state index < -0.39 is 17.3 Å². The van der Waals surface area contributed by atoms with Crippen molar-refractivity contribution in [3.63, 3.8) is 0 Å². The average Bonchev–Trinajstić information content (AvgIpc) is 3.21. The van der Waals surface area contributed by atoms with Crippen molar-refractivity contribution < 1.29 is 24.6 Å². The molecule has 11 nitrogen and oxygen atoms in total. The van der Waals surface area contributed by atoms with Gasteiger partial charge in [0.2, 0.25) is 5.91 Å². The third-order valence-electron chi connectivity index (χ3n) is 5.95. The van der Waals surface area contributed by atoms with Crippen molar-refractivity contribution in [3.05, 3.63) is 39.6 Å². The molecule has 184 valence electrons. The molecule has 0 saturated heterocycles. The summed E-state index contributed by atoms with van der Waals surface area (Å²) in [5.41, 5.74) is 2.26. The Morgan fingerprint density at radius 3 is 2.94 bits per heavy atom. The predicted molar refractivity (Wildman–Crippen MR) is 124 cm³/mol. The van der Waals surface area contributed by atoms with Crippen LogP contribution < -0.4 is 15.4 Å². The number of nitrogens with one attached hydrogen (secondary N) is 3. The number of aromatic amines is 1. The maximum atomic E-state index is 12.2. The topological polar surface area (TPSA) is 163 Å². The molecular weight excluding hydrogens is 442 g/mol. The summed E-state index contributed by atoms with van der Waals surface area (Å²) in [5.74, 6) is 0.222. The van der Waals surface area contributed by atoms with Crippen molar-refractivity contribution >= 4 is 16.8 Å². The van der Waals surface area contributed by atoms with Crippen molar-refractivity contribution in [1.29, 1.82) is 5.26 Å². The third-order valence-corrected chi connectivity index (χ3v) is 5.95. The van der Waals surface area contributed by atoms with E-state index in [0.717, 1.165) is 30.3 Å². The van der Waals surface area contributed by atoms with E-state index in [1.165, 1.54) is 0 Å². The molecule has 3 atom stereocenters. The van der Waals surface area contributed by atoms with E-state index in [0.29, 0.717) is 36.2 Å². The number of fused-ring (bicyclic) bond motifs is 1. The lowest BCUT2D eigenvalue weighted by Crippen LogP contribution is -2.39. The first-order valence-corrected chi connectivity index (χ1v) is 11.5. The number of aliphatic hydroxyl groups excluding tert-OH is 1. The van der Waals surface area contributed by atoms with Crippen LogP contribution >= 0.6 is 0 Å². The molecule has 0 spiro atoms. The molecule has 11 heteroatoms. The second-order valence-corrected chi connectivity index (χ2v) is 8.63. The summed E-state index contributed by atoms with van der Waals surface area (Å²) in [7, 11) is 0. The molecule has 0 bridgehead atoms. The van der Waals surface area contributed by atoms with Crippen LogP contribution in [0.25, 0.3) is 10.9 Å². The fourth-order valence-electron chi connectivity index (χ4n) is 4.34. The van der Waals surface area contributed by atoms with E-state index in [2.05, 4.69) is 21.7 Å². The minimum Gasteiger partial charge on any atom is -0.490 e. The number of aliphatic hydroxyl groups is 1. The second kappa shape index (κ2) is 12.2. The van der Waals surface area contributed by atoms with E-state index in [-0.39, 0.29) is 31.4 Å². The van der Waals surface area contributed by atoms with E-state index in [4.69, 9.17) is 9.57 Å². The van der Waals surface area contributed by atoms with Gasteiger partial charge in [0.25, 0.3) is 5.09 Å². The highest BCUT2D eigenvalue weighted by atomic mass is 17.0. The molecule has 2 aromatic rings. The van der Waals surface area contributed by atoms with Gasteiger partial charge in [0, 0.05) is 32.3 Å². The molecule has 1 aromatic carbocycles. The van der Waals surface area contributed by atoms with Crippen LogP contribution in [0.2, 0.25) is 0 Å². The number of nitrogens with zero attached hydrogens (tertiary/aromatic N) is 2.